The molecule has 0 N–H and O–H groups in total. The van der Waals surface area contributed by atoms with Crippen molar-refractivity contribution in [2.24, 2.45) is 5.92 Å². The lowest BCUT2D eigenvalue weighted by molar-refractivity contribution is 0.712. The zero-order valence-corrected chi connectivity index (χ0v) is 7.86. The Balaban J connectivity index is 2.00. The van der Waals surface area contributed by atoms with Crippen LogP contribution in [-0.2, 0) is 0 Å². The standard InChI is InChI=1S/C11H12S/c1-2-4-10(3-1)5-6-11-7-8-12-9-11/h7-10H,1-4H2. The van der Waals surface area contributed by atoms with Crippen LogP contribution >= 0.6 is 11.3 Å². The molecule has 2 rings (SSSR count). The molecule has 1 heteroatoms. The second-order valence-corrected chi connectivity index (χ2v) is 4.04. The molecule has 0 aromatic carbocycles. The number of hydrogen-bond acceptors (Lipinski definition) is 1. The van der Waals surface area contributed by atoms with Crippen LogP contribution in [0.4, 0.5) is 0 Å². The highest BCUT2D eigenvalue weighted by Gasteiger charge is 2.11. The molecule has 0 atom stereocenters. The van der Waals surface area contributed by atoms with E-state index in [-0.39, 0.29) is 0 Å². The summed E-state index contributed by atoms with van der Waals surface area (Å²) in [5.41, 5.74) is 1.19. The smallest absolute Gasteiger partial charge is 0.0352 e. The van der Waals surface area contributed by atoms with E-state index in [1.807, 2.05) is 0 Å². The van der Waals surface area contributed by atoms with Crippen LogP contribution in [0.2, 0.25) is 0 Å². The van der Waals surface area contributed by atoms with Gasteiger partial charge in [-0.05, 0) is 24.3 Å². The van der Waals surface area contributed by atoms with E-state index in [0.717, 1.165) is 0 Å². The molecule has 1 saturated carbocycles. The van der Waals surface area contributed by atoms with Gasteiger partial charge in [0.15, 0.2) is 0 Å². The van der Waals surface area contributed by atoms with Gasteiger partial charge in [0.05, 0.1) is 0 Å². The van der Waals surface area contributed by atoms with Crippen molar-refractivity contribution in [2.45, 2.75) is 25.7 Å². The molecule has 0 radical (unpaired) electrons. The van der Waals surface area contributed by atoms with Gasteiger partial charge in [0, 0.05) is 16.9 Å². The lowest BCUT2D eigenvalue weighted by atomic mass is 10.1. The first-order valence-corrected chi connectivity index (χ1v) is 5.43. The molecular formula is C11H12S. The van der Waals surface area contributed by atoms with Crippen LogP contribution in [-0.4, -0.2) is 0 Å². The molecule has 1 fully saturated rings. The van der Waals surface area contributed by atoms with Crippen LogP contribution in [0.5, 0.6) is 0 Å². The van der Waals surface area contributed by atoms with E-state index in [9.17, 15) is 0 Å². The molecule has 0 nitrogen and oxygen atoms in total. The molecule has 1 aromatic heterocycles. The Hall–Kier alpha value is -0.740. The Morgan fingerprint density at radius 3 is 2.83 bits per heavy atom. The van der Waals surface area contributed by atoms with Crippen molar-refractivity contribution in [3.05, 3.63) is 22.4 Å². The third kappa shape index (κ3) is 1.89. The van der Waals surface area contributed by atoms with Gasteiger partial charge in [0.1, 0.15) is 0 Å². The lowest BCUT2D eigenvalue weighted by Crippen LogP contribution is -1.85. The Bertz CT molecular complexity index is 281. The van der Waals surface area contributed by atoms with Crippen molar-refractivity contribution in [2.75, 3.05) is 0 Å². The van der Waals surface area contributed by atoms with Crippen molar-refractivity contribution in [1.29, 1.82) is 0 Å². The van der Waals surface area contributed by atoms with Gasteiger partial charge in [0.2, 0.25) is 0 Å². The average Bonchev–Trinajstić information content (AvgIpc) is 2.74. The normalized spacial score (nSPS) is 17.3. The quantitative estimate of drug-likeness (QED) is 0.532. The fraction of sp³-hybridized carbons (Fsp3) is 0.455. The van der Waals surface area contributed by atoms with Crippen LogP contribution < -0.4 is 0 Å². The third-order valence-corrected chi connectivity index (χ3v) is 2.98. The second kappa shape index (κ2) is 3.78. The summed E-state index contributed by atoms with van der Waals surface area (Å²) in [5, 5.41) is 4.20. The topological polar surface area (TPSA) is 0 Å². The zero-order chi connectivity index (χ0) is 8.23. The van der Waals surface area contributed by atoms with Gasteiger partial charge in [-0.25, -0.2) is 0 Å². The SMILES string of the molecule is C(#CC1CCCC1)c1ccsc1. The van der Waals surface area contributed by atoms with Crippen LogP contribution in [0.15, 0.2) is 16.8 Å². The Kier molecular flexibility index (Phi) is 2.48. The van der Waals surface area contributed by atoms with Crippen molar-refractivity contribution < 1.29 is 0 Å². The van der Waals surface area contributed by atoms with Crippen LogP contribution in [0, 0.1) is 17.8 Å². The van der Waals surface area contributed by atoms with E-state index in [0.29, 0.717) is 5.92 Å². The fourth-order valence-electron chi connectivity index (χ4n) is 1.59. The molecule has 0 bridgehead atoms. The maximum Gasteiger partial charge on any atom is 0.0352 e. The lowest BCUT2D eigenvalue weighted by Gasteiger charge is -1.93. The largest absolute Gasteiger partial charge is 0.151 e. The average molecular weight is 176 g/mol. The first-order chi connectivity index (χ1) is 5.95. The van der Waals surface area contributed by atoms with Crippen molar-refractivity contribution in [3.8, 4) is 11.8 Å². The highest BCUT2D eigenvalue weighted by Crippen LogP contribution is 2.23. The molecule has 0 saturated heterocycles. The van der Waals surface area contributed by atoms with Gasteiger partial charge >= 0.3 is 0 Å². The van der Waals surface area contributed by atoms with Crippen molar-refractivity contribution in [3.63, 3.8) is 0 Å². The van der Waals surface area contributed by atoms with E-state index < -0.39 is 0 Å². The third-order valence-electron chi connectivity index (χ3n) is 2.30. The molecule has 62 valence electrons. The Morgan fingerprint density at radius 1 is 1.33 bits per heavy atom. The molecule has 0 amide bonds. The summed E-state index contributed by atoms with van der Waals surface area (Å²) in [5.74, 6) is 7.25. The number of hydrogen-bond donors (Lipinski definition) is 0. The minimum atomic E-state index is 0.685. The molecule has 1 aliphatic carbocycles. The molecule has 1 aromatic rings. The Labute approximate surface area is 77.6 Å². The van der Waals surface area contributed by atoms with Crippen molar-refractivity contribution >= 4 is 11.3 Å². The van der Waals surface area contributed by atoms with Gasteiger partial charge in [-0.3, -0.25) is 0 Å². The molecule has 0 unspecified atom stereocenters. The summed E-state index contributed by atoms with van der Waals surface area (Å²) in [4.78, 5) is 0. The van der Waals surface area contributed by atoms with Gasteiger partial charge in [0.25, 0.3) is 0 Å². The van der Waals surface area contributed by atoms with Crippen molar-refractivity contribution in [1.82, 2.24) is 0 Å². The fourth-order valence-corrected chi connectivity index (χ4v) is 2.18. The predicted octanol–water partition coefficient (Wildman–Crippen LogP) is 3.29. The summed E-state index contributed by atoms with van der Waals surface area (Å²) >= 11 is 1.72. The second-order valence-electron chi connectivity index (χ2n) is 3.26. The molecule has 1 aliphatic rings. The van der Waals surface area contributed by atoms with Gasteiger partial charge in [-0.2, -0.15) is 11.3 Å². The van der Waals surface area contributed by atoms with Gasteiger partial charge in [-0.15, -0.1) is 0 Å². The van der Waals surface area contributed by atoms with E-state index >= 15 is 0 Å². The molecule has 0 aliphatic heterocycles. The first kappa shape index (κ1) is 7.89. The van der Waals surface area contributed by atoms with Crippen LogP contribution in [0.3, 0.4) is 0 Å². The van der Waals surface area contributed by atoms with E-state index in [1.165, 1.54) is 31.2 Å². The van der Waals surface area contributed by atoms with Crippen LogP contribution in [0.1, 0.15) is 31.2 Å². The van der Waals surface area contributed by atoms with Gasteiger partial charge < -0.3 is 0 Å². The maximum atomic E-state index is 3.34. The molecular weight excluding hydrogens is 164 g/mol. The summed E-state index contributed by atoms with van der Waals surface area (Å²) in [7, 11) is 0. The minimum absolute atomic E-state index is 0.685. The summed E-state index contributed by atoms with van der Waals surface area (Å²) < 4.78 is 0. The van der Waals surface area contributed by atoms with E-state index in [2.05, 4.69) is 28.7 Å². The maximum absolute atomic E-state index is 3.34. The highest BCUT2D eigenvalue weighted by molar-refractivity contribution is 7.08. The predicted molar refractivity (Wildman–Crippen MR) is 53.2 cm³/mol. The minimum Gasteiger partial charge on any atom is -0.151 e. The number of rotatable bonds is 0. The zero-order valence-electron chi connectivity index (χ0n) is 7.05. The number of thiophene rings is 1. The first-order valence-electron chi connectivity index (χ1n) is 4.49. The summed E-state index contributed by atoms with van der Waals surface area (Å²) in [6.07, 6.45) is 5.39. The van der Waals surface area contributed by atoms with E-state index in [1.54, 1.807) is 11.3 Å². The highest BCUT2D eigenvalue weighted by atomic mass is 32.1. The molecule has 12 heavy (non-hydrogen) atoms. The monoisotopic (exact) mass is 176 g/mol. The molecule has 1 heterocycles. The van der Waals surface area contributed by atoms with E-state index in [4.69, 9.17) is 0 Å². The Morgan fingerprint density at radius 2 is 2.17 bits per heavy atom. The summed E-state index contributed by atoms with van der Waals surface area (Å²) in [6, 6.07) is 2.09. The molecule has 0 spiro atoms. The van der Waals surface area contributed by atoms with Crippen LogP contribution in [0.25, 0.3) is 0 Å². The summed E-state index contributed by atoms with van der Waals surface area (Å²) in [6.45, 7) is 0. The van der Waals surface area contributed by atoms with Gasteiger partial charge in [-0.1, -0.05) is 24.7 Å².